The van der Waals surface area contributed by atoms with E-state index in [9.17, 15) is 0 Å². The van der Waals surface area contributed by atoms with Crippen LogP contribution in [0.15, 0.2) is 18.3 Å². The summed E-state index contributed by atoms with van der Waals surface area (Å²) in [7, 11) is 0. The van der Waals surface area contributed by atoms with Crippen molar-refractivity contribution in [3.63, 3.8) is 0 Å². The lowest BCUT2D eigenvalue weighted by Crippen LogP contribution is -2.42. The van der Waals surface area contributed by atoms with Gasteiger partial charge in [-0.2, -0.15) is 5.10 Å². The average Bonchev–Trinajstić information content (AvgIpc) is 2.87. The minimum absolute atomic E-state index is 0.491. The van der Waals surface area contributed by atoms with Gasteiger partial charge in [0.1, 0.15) is 0 Å². The zero-order valence-electron chi connectivity index (χ0n) is 10.7. The van der Waals surface area contributed by atoms with Crippen LogP contribution in [0.4, 0.5) is 0 Å². The Hall–Kier alpha value is -1.39. The first-order chi connectivity index (χ1) is 8.79. The first kappa shape index (κ1) is 11.7. The number of aromatic amines is 1. The van der Waals surface area contributed by atoms with Gasteiger partial charge in [0.05, 0.1) is 11.7 Å². The molecule has 1 saturated heterocycles. The van der Waals surface area contributed by atoms with Crippen molar-refractivity contribution in [1.82, 2.24) is 15.5 Å². The van der Waals surface area contributed by atoms with E-state index >= 15 is 0 Å². The lowest BCUT2D eigenvalue weighted by molar-refractivity contribution is 0.372. The van der Waals surface area contributed by atoms with E-state index in [2.05, 4.69) is 34.6 Å². The highest BCUT2D eigenvalue weighted by atomic mass is 15.1. The molecule has 1 aliphatic rings. The summed E-state index contributed by atoms with van der Waals surface area (Å²) in [6.07, 6.45) is 4.32. The van der Waals surface area contributed by atoms with Crippen molar-refractivity contribution in [3.8, 4) is 0 Å². The second kappa shape index (κ2) is 4.71. The third-order valence-corrected chi connectivity index (χ3v) is 4.09. The molecular weight excluding hydrogens is 224 g/mol. The van der Waals surface area contributed by atoms with E-state index in [1.54, 1.807) is 0 Å². The van der Waals surface area contributed by atoms with Crippen molar-refractivity contribution in [2.24, 2.45) is 5.73 Å². The Balaban J connectivity index is 1.94. The number of piperidine rings is 1. The summed E-state index contributed by atoms with van der Waals surface area (Å²) < 4.78 is 0. The molecule has 2 atom stereocenters. The molecule has 2 aromatic rings. The number of H-pyrrole nitrogens is 1. The summed E-state index contributed by atoms with van der Waals surface area (Å²) in [5.41, 5.74) is 9.66. The monoisotopic (exact) mass is 244 g/mol. The van der Waals surface area contributed by atoms with Crippen LogP contribution in [0.1, 0.15) is 29.9 Å². The lowest BCUT2D eigenvalue weighted by atomic mass is 9.85. The summed E-state index contributed by atoms with van der Waals surface area (Å²) >= 11 is 0. The smallest absolute Gasteiger partial charge is 0.0653 e. The SMILES string of the molecule is Cc1ccc2[nH]ncc2c1C1CCC(CN)NC1. The topological polar surface area (TPSA) is 66.7 Å². The molecule has 4 nitrogen and oxygen atoms in total. The van der Waals surface area contributed by atoms with Gasteiger partial charge in [-0.25, -0.2) is 0 Å². The van der Waals surface area contributed by atoms with E-state index in [4.69, 9.17) is 5.73 Å². The van der Waals surface area contributed by atoms with Gasteiger partial charge in [-0.05, 0) is 42.9 Å². The molecule has 96 valence electrons. The van der Waals surface area contributed by atoms with E-state index in [0.717, 1.165) is 25.0 Å². The fourth-order valence-corrected chi connectivity index (χ4v) is 3.05. The van der Waals surface area contributed by atoms with Gasteiger partial charge < -0.3 is 11.1 Å². The molecule has 2 unspecified atom stereocenters. The number of hydrogen-bond donors (Lipinski definition) is 3. The van der Waals surface area contributed by atoms with Gasteiger partial charge in [-0.1, -0.05) is 6.07 Å². The maximum Gasteiger partial charge on any atom is 0.0653 e. The third-order valence-electron chi connectivity index (χ3n) is 4.09. The van der Waals surface area contributed by atoms with E-state index in [1.807, 2.05) is 6.20 Å². The zero-order chi connectivity index (χ0) is 12.5. The first-order valence-electron chi connectivity index (χ1n) is 6.65. The third kappa shape index (κ3) is 1.91. The summed E-state index contributed by atoms with van der Waals surface area (Å²) in [6.45, 7) is 3.95. The van der Waals surface area contributed by atoms with Crippen molar-refractivity contribution < 1.29 is 0 Å². The Bertz CT molecular complexity index is 538. The van der Waals surface area contributed by atoms with E-state index in [0.29, 0.717) is 12.0 Å². The van der Waals surface area contributed by atoms with Gasteiger partial charge in [0.2, 0.25) is 0 Å². The van der Waals surface area contributed by atoms with Crippen LogP contribution in [0.3, 0.4) is 0 Å². The number of rotatable bonds is 2. The molecule has 0 amide bonds. The largest absolute Gasteiger partial charge is 0.329 e. The second-order valence-corrected chi connectivity index (χ2v) is 5.24. The van der Waals surface area contributed by atoms with Crippen molar-refractivity contribution in [2.45, 2.75) is 31.7 Å². The van der Waals surface area contributed by atoms with Crippen LogP contribution in [-0.2, 0) is 0 Å². The van der Waals surface area contributed by atoms with Crippen molar-refractivity contribution in [2.75, 3.05) is 13.1 Å². The van der Waals surface area contributed by atoms with Gasteiger partial charge in [0.15, 0.2) is 0 Å². The summed E-state index contributed by atoms with van der Waals surface area (Å²) in [5, 5.41) is 12.0. The van der Waals surface area contributed by atoms with Gasteiger partial charge in [0.25, 0.3) is 0 Å². The second-order valence-electron chi connectivity index (χ2n) is 5.24. The fraction of sp³-hybridized carbons (Fsp3) is 0.500. The molecule has 3 rings (SSSR count). The number of fused-ring (bicyclic) bond motifs is 1. The minimum atomic E-state index is 0.491. The molecule has 4 heteroatoms. The van der Waals surface area contributed by atoms with Gasteiger partial charge in [0, 0.05) is 24.5 Å². The van der Waals surface area contributed by atoms with Crippen molar-refractivity contribution in [3.05, 3.63) is 29.5 Å². The van der Waals surface area contributed by atoms with Crippen molar-refractivity contribution >= 4 is 10.9 Å². The molecule has 1 aromatic carbocycles. The molecule has 1 aliphatic heterocycles. The molecule has 4 N–H and O–H groups in total. The van der Waals surface area contributed by atoms with Crippen LogP contribution in [0.2, 0.25) is 0 Å². The zero-order valence-corrected chi connectivity index (χ0v) is 10.7. The van der Waals surface area contributed by atoms with Crippen LogP contribution < -0.4 is 11.1 Å². The molecule has 0 saturated carbocycles. The number of benzene rings is 1. The van der Waals surface area contributed by atoms with Crippen LogP contribution >= 0.6 is 0 Å². The van der Waals surface area contributed by atoms with Crippen LogP contribution in [-0.4, -0.2) is 29.3 Å². The van der Waals surface area contributed by atoms with Crippen molar-refractivity contribution in [1.29, 1.82) is 0 Å². The minimum Gasteiger partial charge on any atom is -0.329 e. The summed E-state index contributed by atoms with van der Waals surface area (Å²) in [5.74, 6) is 0.578. The Kier molecular flexibility index (Phi) is 3.06. The van der Waals surface area contributed by atoms with E-state index in [1.165, 1.54) is 22.9 Å². The Morgan fingerprint density at radius 2 is 2.28 bits per heavy atom. The highest BCUT2D eigenvalue weighted by molar-refractivity contribution is 5.83. The molecule has 0 bridgehead atoms. The number of aryl methyl sites for hydroxylation is 1. The molecule has 18 heavy (non-hydrogen) atoms. The number of nitrogens with one attached hydrogen (secondary N) is 2. The molecule has 0 aliphatic carbocycles. The Labute approximate surface area is 107 Å². The fourth-order valence-electron chi connectivity index (χ4n) is 3.05. The van der Waals surface area contributed by atoms with Gasteiger partial charge in [-0.15, -0.1) is 0 Å². The maximum absolute atomic E-state index is 5.71. The normalized spacial score (nSPS) is 24.6. The lowest BCUT2D eigenvalue weighted by Gasteiger charge is -2.30. The molecule has 2 heterocycles. The molecule has 1 aromatic heterocycles. The maximum atomic E-state index is 5.71. The van der Waals surface area contributed by atoms with Crippen LogP contribution in [0, 0.1) is 6.92 Å². The molecular formula is C14H20N4. The first-order valence-corrected chi connectivity index (χ1v) is 6.65. The predicted molar refractivity (Wildman–Crippen MR) is 73.7 cm³/mol. The summed E-state index contributed by atoms with van der Waals surface area (Å²) in [6, 6.07) is 4.79. The average molecular weight is 244 g/mol. The summed E-state index contributed by atoms with van der Waals surface area (Å²) in [4.78, 5) is 0. The Morgan fingerprint density at radius 1 is 1.39 bits per heavy atom. The van der Waals surface area contributed by atoms with Gasteiger partial charge in [-0.3, -0.25) is 5.10 Å². The number of hydrogen-bond acceptors (Lipinski definition) is 3. The Morgan fingerprint density at radius 3 is 3.00 bits per heavy atom. The number of nitrogens with zero attached hydrogens (tertiary/aromatic N) is 1. The van der Waals surface area contributed by atoms with Crippen LogP contribution in [0.25, 0.3) is 10.9 Å². The predicted octanol–water partition coefficient (Wildman–Crippen LogP) is 1.67. The van der Waals surface area contributed by atoms with E-state index in [-0.39, 0.29) is 0 Å². The number of nitrogens with two attached hydrogens (primary N) is 1. The highest BCUT2D eigenvalue weighted by Gasteiger charge is 2.23. The quantitative estimate of drug-likeness (QED) is 0.752. The van der Waals surface area contributed by atoms with Crippen LogP contribution in [0.5, 0.6) is 0 Å². The molecule has 0 radical (unpaired) electrons. The molecule has 1 fully saturated rings. The van der Waals surface area contributed by atoms with Gasteiger partial charge >= 0.3 is 0 Å². The molecule has 0 spiro atoms. The standard InChI is InChI=1S/C14H20N4/c1-9-2-5-13-12(8-17-18-13)14(9)10-3-4-11(6-15)16-7-10/h2,5,8,10-11,16H,3-4,6-7,15H2,1H3,(H,17,18). The van der Waals surface area contributed by atoms with E-state index < -0.39 is 0 Å². The highest BCUT2D eigenvalue weighted by Crippen LogP contribution is 2.32. The number of aromatic nitrogens is 2.